The Balaban J connectivity index is 2.23. The molecule has 0 aliphatic heterocycles. The molecule has 1 saturated carbocycles. The number of hydrogen-bond donors (Lipinski definition) is 2. The fourth-order valence-electron chi connectivity index (χ4n) is 2.92. The minimum atomic E-state index is -0.920. The number of carboxylic acids is 1. The zero-order valence-corrected chi connectivity index (χ0v) is 12.6. The lowest BCUT2D eigenvalue weighted by Gasteiger charge is -2.42. The van der Waals surface area contributed by atoms with E-state index in [9.17, 15) is 15.0 Å². The van der Waals surface area contributed by atoms with E-state index in [0.29, 0.717) is 0 Å². The van der Waals surface area contributed by atoms with Crippen LogP contribution in [0, 0.1) is 5.92 Å². The van der Waals surface area contributed by atoms with E-state index in [4.69, 9.17) is 0 Å². The third-order valence-electron chi connectivity index (χ3n) is 4.17. The molecule has 2 rings (SSSR count). The number of rotatable bonds is 5. The van der Waals surface area contributed by atoms with Gasteiger partial charge in [0.15, 0.2) is 0 Å². The minimum absolute atomic E-state index is 0.364. The van der Waals surface area contributed by atoms with Gasteiger partial charge in [-0.15, -0.1) is 11.8 Å². The highest BCUT2D eigenvalue weighted by Gasteiger charge is 2.44. The molecule has 1 fully saturated rings. The van der Waals surface area contributed by atoms with Crippen LogP contribution in [0.4, 0.5) is 0 Å². The van der Waals surface area contributed by atoms with Gasteiger partial charge in [-0.1, -0.05) is 37.5 Å². The molecule has 1 aliphatic carbocycles. The topological polar surface area (TPSA) is 57.5 Å². The van der Waals surface area contributed by atoms with Crippen LogP contribution in [0.3, 0.4) is 0 Å². The van der Waals surface area contributed by atoms with Gasteiger partial charge in [-0.2, -0.15) is 0 Å². The van der Waals surface area contributed by atoms with Crippen LogP contribution in [0.2, 0.25) is 0 Å². The molecule has 2 atom stereocenters. The van der Waals surface area contributed by atoms with Gasteiger partial charge in [-0.25, -0.2) is 0 Å². The molecule has 0 saturated heterocycles. The van der Waals surface area contributed by atoms with Gasteiger partial charge in [0.2, 0.25) is 0 Å². The SMILES string of the molecule is C[C@@H](C(=O)O)[C@H](O)C1(Sc2ccccc2)CCCCC1. The Kier molecular flexibility index (Phi) is 5.11. The van der Waals surface area contributed by atoms with Gasteiger partial charge in [0, 0.05) is 9.64 Å². The number of carboxylic acid groups (broad SMARTS) is 1. The van der Waals surface area contributed by atoms with Crippen molar-refractivity contribution in [1.82, 2.24) is 0 Å². The van der Waals surface area contributed by atoms with E-state index in [1.54, 1.807) is 18.7 Å². The summed E-state index contributed by atoms with van der Waals surface area (Å²) in [7, 11) is 0. The Morgan fingerprint density at radius 2 is 1.80 bits per heavy atom. The molecule has 1 aliphatic rings. The Morgan fingerprint density at radius 1 is 1.20 bits per heavy atom. The number of aliphatic hydroxyl groups is 1. The Morgan fingerprint density at radius 3 is 2.35 bits per heavy atom. The fourth-order valence-corrected chi connectivity index (χ4v) is 4.50. The Bertz CT molecular complexity index is 440. The summed E-state index contributed by atoms with van der Waals surface area (Å²) in [6.45, 7) is 1.61. The Hall–Kier alpha value is -1.00. The van der Waals surface area contributed by atoms with Crippen molar-refractivity contribution in [3.8, 4) is 0 Å². The number of hydrogen-bond acceptors (Lipinski definition) is 3. The molecule has 3 nitrogen and oxygen atoms in total. The number of carbonyl (C=O) groups is 1. The van der Waals surface area contributed by atoms with Crippen LogP contribution in [0.25, 0.3) is 0 Å². The van der Waals surface area contributed by atoms with Gasteiger partial charge in [0.05, 0.1) is 12.0 Å². The average molecular weight is 294 g/mol. The van der Waals surface area contributed by atoms with E-state index < -0.39 is 18.0 Å². The molecule has 1 aromatic carbocycles. The summed E-state index contributed by atoms with van der Waals surface area (Å²) in [6, 6.07) is 9.98. The van der Waals surface area contributed by atoms with E-state index in [1.165, 1.54) is 6.42 Å². The summed E-state index contributed by atoms with van der Waals surface area (Å²) in [5.74, 6) is -1.65. The van der Waals surface area contributed by atoms with Crippen molar-refractivity contribution >= 4 is 17.7 Å². The molecular weight excluding hydrogens is 272 g/mol. The number of aliphatic carboxylic acids is 1. The molecule has 0 amide bonds. The van der Waals surface area contributed by atoms with Crippen molar-refractivity contribution < 1.29 is 15.0 Å². The lowest BCUT2D eigenvalue weighted by Crippen LogP contribution is -2.46. The van der Waals surface area contributed by atoms with Gasteiger partial charge in [-0.3, -0.25) is 4.79 Å². The smallest absolute Gasteiger partial charge is 0.308 e. The summed E-state index contributed by atoms with van der Waals surface area (Å²) in [4.78, 5) is 12.3. The molecule has 4 heteroatoms. The van der Waals surface area contributed by atoms with Gasteiger partial charge in [0.1, 0.15) is 0 Å². The van der Waals surface area contributed by atoms with Crippen LogP contribution >= 0.6 is 11.8 Å². The predicted molar refractivity (Wildman–Crippen MR) is 80.9 cm³/mol. The van der Waals surface area contributed by atoms with Gasteiger partial charge >= 0.3 is 5.97 Å². The highest BCUT2D eigenvalue weighted by molar-refractivity contribution is 8.00. The zero-order valence-electron chi connectivity index (χ0n) is 11.8. The van der Waals surface area contributed by atoms with Crippen molar-refractivity contribution in [2.75, 3.05) is 0 Å². The lowest BCUT2D eigenvalue weighted by atomic mass is 9.80. The molecule has 0 radical (unpaired) electrons. The van der Waals surface area contributed by atoms with Crippen molar-refractivity contribution in [2.24, 2.45) is 5.92 Å². The summed E-state index contributed by atoms with van der Waals surface area (Å²) in [5, 5.41) is 19.8. The molecule has 1 aromatic rings. The average Bonchev–Trinajstić information content (AvgIpc) is 2.47. The van der Waals surface area contributed by atoms with E-state index in [1.807, 2.05) is 30.3 Å². The second-order valence-corrected chi connectivity index (χ2v) is 7.10. The van der Waals surface area contributed by atoms with Crippen molar-refractivity contribution in [2.45, 2.75) is 54.8 Å². The highest BCUT2D eigenvalue weighted by atomic mass is 32.2. The first-order valence-corrected chi connectivity index (χ1v) is 8.02. The van der Waals surface area contributed by atoms with Crippen LogP contribution in [0.1, 0.15) is 39.0 Å². The van der Waals surface area contributed by atoms with Gasteiger partial charge in [-0.05, 0) is 31.9 Å². The first-order valence-electron chi connectivity index (χ1n) is 7.20. The third-order valence-corrected chi connectivity index (χ3v) is 5.73. The standard InChI is InChI=1S/C16H22O3S/c1-12(15(18)19)14(17)16(10-6-3-7-11-16)20-13-8-4-2-5-9-13/h2,4-5,8-9,12,14,17H,3,6-7,10-11H2,1H3,(H,18,19)/t12-,14+/m1/s1. The number of aliphatic hydroxyl groups excluding tert-OH is 1. The minimum Gasteiger partial charge on any atom is -0.481 e. The van der Waals surface area contributed by atoms with E-state index >= 15 is 0 Å². The molecule has 20 heavy (non-hydrogen) atoms. The van der Waals surface area contributed by atoms with Crippen molar-refractivity contribution in [3.63, 3.8) is 0 Å². The molecule has 0 unspecified atom stereocenters. The van der Waals surface area contributed by atoms with Gasteiger partial charge in [0.25, 0.3) is 0 Å². The fraction of sp³-hybridized carbons (Fsp3) is 0.562. The summed E-state index contributed by atoms with van der Waals surface area (Å²) < 4.78 is -0.364. The molecule has 0 spiro atoms. The summed E-state index contributed by atoms with van der Waals surface area (Å²) in [6.07, 6.45) is 4.24. The van der Waals surface area contributed by atoms with Crippen LogP contribution < -0.4 is 0 Å². The second kappa shape index (κ2) is 6.64. The molecule has 0 bridgehead atoms. The Labute approximate surface area is 124 Å². The third kappa shape index (κ3) is 3.36. The first kappa shape index (κ1) is 15.4. The maximum Gasteiger partial charge on any atom is 0.308 e. The van der Waals surface area contributed by atoms with Crippen molar-refractivity contribution in [1.29, 1.82) is 0 Å². The highest BCUT2D eigenvalue weighted by Crippen LogP contribution is 2.47. The van der Waals surface area contributed by atoms with E-state index in [-0.39, 0.29) is 4.75 Å². The maximum atomic E-state index is 11.2. The van der Waals surface area contributed by atoms with Crippen LogP contribution in [-0.2, 0) is 4.79 Å². The second-order valence-electron chi connectivity index (χ2n) is 5.61. The number of benzene rings is 1. The molecule has 0 aromatic heterocycles. The first-order chi connectivity index (χ1) is 9.55. The van der Waals surface area contributed by atoms with Crippen LogP contribution in [0.5, 0.6) is 0 Å². The monoisotopic (exact) mass is 294 g/mol. The molecule has 110 valence electrons. The molecular formula is C16H22O3S. The normalized spacial score (nSPS) is 21.1. The summed E-state index contributed by atoms with van der Waals surface area (Å²) >= 11 is 1.65. The van der Waals surface area contributed by atoms with E-state index in [0.717, 1.165) is 30.6 Å². The lowest BCUT2D eigenvalue weighted by molar-refractivity contribution is -0.145. The molecule has 0 heterocycles. The number of thioether (sulfide) groups is 1. The van der Waals surface area contributed by atoms with Gasteiger partial charge < -0.3 is 10.2 Å². The quantitative estimate of drug-likeness (QED) is 0.871. The largest absolute Gasteiger partial charge is 0.481 e. The van der Waals surface area contributed by atoms with Crippen molar-refractivity contribution in [3.05, 3.63) is 30.3 Å². The predicted octanol–water partition coefficient (Wildman–Crippen LogP) is 3.56. The van der Waals surface area contributed by atoms with Crippen LogP contribution in [-0.4, -0.2) is 27.0 Å². The molecule has 2 N–H and O–H groups in total. The maximum absolute atomic E-state index is 11.2. The zero-order chi connectivity index (χ0) is 14.6. The van der Waals surface area contributed by atoms with Crippen LogP contribution in [0.15, 0.2) is 35.2 Å². The van der Waals surface area contributed by atoms with E-state index in [2.05, 4.69) is 0 Å². The summed E-state index contributed by atoms with van der Waals surface area (Å²) in [5.41, 5.74) is 0.